The molecule has 0 saturated carbocycles. The van der Waals surface area contributed by atoms with Gasteiger partial charge in [-0.25, -0.2) is 0 Å². The van der Waals surface area contributed by atoms with Gasteiger partial charge in [-0.3, -0.25) is 9.59 Å². The molecule has 2 N–H and O–H groups in total. The van der Waals surface area contributed by atoms with Gasteiger partial charge in [0.15, 0.2) is 0 Å². The molecule has 1 amide bonds. The van der Waals surface area contributed by atoms with Gasteiger partial charge in [0.1, 0.15) is 0 Å². The highest BCUT2D eigenvalue weighted by Gasteiger charge is 2.25. The molecular formula is C15H19BrN2O3. The molecule has 1 unspecified atom stereocenters. The first-order valence-electron chi connectivity index (χ1n) is 7.05. The summed E-state index contributed by atoms with van der Waals surface area (Å²) >= 11 is 3.34. The quantitative estimate of drug-likeness (QED) is 0.852. The lowest BCUT2D eigenvalue weighted by molar-refractivity contribution is -0.143. The fraction of sp³-hybridized carbons (Fsp3) is 0.467. The number of benzene rings is 1. The lowest BCUT2D eigenvalue weighted by atomic mass is 9.98. The van der Waals surface area contributed by atoms with E-state index in [1.807, 2.05) is 24.3 Å². The Hall–Kier alpha value is -1.40. The number of likely N-dealkylation sites (tertiary alicyclic amines) is 1. The molecule has 114 valence electrons. The van der Waals surface area contributed by atoms with E-state index in [0.29, 0.717) is 19.5 Å². The summed E-state index contributed by atoms with van der Waals surface area (Å²) in [6.07, 6.45) is 1.99. The SMILES string of the molecule is O=C(CCN1CCCC(C(=O)O)C1)Nc1ccc(Br)cc1. The molecule has 21 heavy (non-hydrogen) atoms. The van der Waals surface area contributed by atoms with Crippen molar-refractivity contribution in [3.8, 4) is 0 Å². The molecule has 1 saturated heterocycles. The molecule has 6 heteroatoms. The number of rotatable bonds is 5. The van der Waals surface area contributed by atoms with Gasteiger partial charge in [-0.1, -0.05) is 15.9 Å². The van der Waals surface area contributed by atoms with Gasteiger partial charge in [0.25, 0.3) is 0 Å². The number of halogens is 1. The van der Waals surface area contributed by atoms with Gasteiger partial charge in [0, 0.05) is 29.7 Å². The second-order valence-corrected chi connectivity index (χ2v) is 6.20. The van der Waals surface area contributed by atoms with Crippen LogP contribution >= 0.6 is 15.9 Å². The third-order valence-corrected chi connectivity index (χ3v) is 4.17. The van der Waals surface area contributed by atoms with Crippen LogP contribution in [0.1, 0.15) is 19.3 Å². The van der Waals surface area contributed by atoms with E-state index >= 15 is 0 Å². The molecule has 0 spiro atoms. The van der Waals surface area contributed by atoms with Crippen molar-refractivity contribution in [3.05, 3.63) is 28.7 Å². The molecule has 0 aliphatic carbocycles. The minimum Gasteiger partial charge on any atom is -0.481 e. The maximum absolute atomic E-state index is 11.9. The van der Waals surface area contributed by atoms with Crippen LogP contribution in [0, 0.1) is 5.92 Å². The van der Waals surface area contributed by atoms with Crippen molar-refractivity contribution >= 4 is 33.5 Å². The Morgan fingerprint density at radius 1 is 1.33 bits per heavy atom. The molecule has 1 heterocycles. The first kappa shape index (κ1) is 16.0. The number of amides is 1. The van der Waals surface area contributed by atoms with Crippen molar-refractivity contribution in [2.75, 3.05) is 25.0 Å². The van der Waals surface area contributed by atoms with Crippen molar-refractivity contribution in [2.24, 2.45) is 5.92 Å². The van der Waals surface area contributed by atoms with Crippen molar-refractivity contribution in [1.29, 1.82) is 0 Å². The van der Waals surface area contributed by atoms with Gasteiger partial charge in [-0.2, -0.15) is 0 Å². The van der Waals surface area contributed by atoms with Gasteiger partial charge < -0.3 is 15.3 Å². The molecule has 5 nitrogen and oxygen atoms in total. The summed E-state index contributed by atoms with van der Waals surface area (Å²) in [6.45, 7) is 2.02. The van der Waals surface area contributed by atoms with Crippen LogP contribution in [-0.4, -0.2) is 41.5 Å². The average molecular weight is 355 g/mol. The minimum atomic E-state index is -0.737. The smallest absolute Gasteiger partial charge is 0.307 e. The fourth-order valence-corrected chi connectivity index (χ4v) is 2.74. The number of carbonyl (C=O) groups excluding carboxylic acids is 1. The van der Waals surface area contributed by atoms with E-state index in [1.165, 1.54) is 0 Å². The van der Waals surface area contributed by atoms with E-state index in [0.717, 1.165) is 29.5 Å². The minimum absolute atomic E-state index is 0.0465. The number of nitrogens with one attached hydrogen (secondary N) is 1. The van der Waals surface area contributed by atoms with E-state index in [9.17, 15) is 9.59 Å². The monoisotopic (exact) mass is 354 g/mol. The number of carboxylic acid groups (broad SMARTS) is 1. The van der Waals surface area contributed by atoms with Gasteiger partial charge in [0.05, 0.1) is 5.92 Å². The second-order valence-electron chi connectivity index (χ2n) is 5.28. The average Bonchev–Trinajstić information content (AvgIpc) is 2.48. The number of aliphatic carboxylic acids is 1. The van der Waals surface area contributed by atoms with Crippen LogP contribution in [0.5, 0.6) is 0 Å². The predicted octanol–water partition coefficient (Wildman–Crippen LogP) is 2.57. The Balaban J connectivity index is 1.76. The Morgan fingerprint density at radius 3 is 2.71 bits per heavy atom. The van der Waals surface area contributed by atoms with Gasteiger partial charge in [-0.05, 0) is 43.7 Å². The van der Waals surface area contributed by atoms with Gasteiger partial charge in [-0.15, -0.1) is 0 Å². The van der Waals surface area contributed by atoms with Crippen LogP contribution in [0.4, 0.5) is 5.69 Å². The van der Waals surface area contributed by atoms with E-state index in [2.05, 4.69) is 26.1 Å². The summed E-state index contributed by atoms with van der Waals surface area (Å²) in [5, 5.41) is 11.9. The van der Waals surface area contributed by atoms with Crippen LogP contribution in [0.15, 0.2) is 28.7 Å². The molecular weight excluding hydrogens is 336 g/mol. The highest BCUT2D eigenvalue weighted by Crippen LogP contribution is 2.17. The summed E-state index contributed by atoms with van der Waals surface area (Å²) in [4.78, 5) is 24.9. The first-order valence-corrected chi connectivity index (χ1v) is 7.84. The fourth-order valence-electron chi connectivity index (χ4n) is 2.48. The highest BCUT2D eigenvalue weighted by atomic mass is 79.9. The third kappa shape index (κ3) is 5.13. The lowest BCUT2D eigenvalue weighted by Crippen LogP contribution is -2.40. The molecule has 1 aliphatic rings. The summed E-state index contributed by atoms with van der Waals surface area (Å²) in [7, 11) is 0. The van der Waals surface area contributed by atoms with E-state index in [4.69, 9.17) is 5.11 Å². The number of hydrogen-bond donors (Lipinski definition) is 2. The number of hydrogen-bond acceptors (Lipinski definition) is 3. The van der Waals surface area contributed by atoms with Crippen LogP contribution in [-0.2, 0) is 9.59 Å². The number of carboxylic acids is 1. The molecule has 2 rings (SSSR count). The molecule has 0 bridgehead atoms. The molecule has 0 radical (unpaired) electrons. The Kier molecular flexibility index (Phi) is 5.76. The first-order chi connectivity index (χ1) is 10.0. The lowest BCUT2D eigenvalue weighted by Gasteiger charge is -2.30. The molecule has 0 aromatic heterocycles. The van der Waals surface area contributed by atoms with Crippen LogP contribution in [0.25, 0.3) is 0 Å². The van der Waals surface area contributed by atoms with E-state index in [1.54, 1.807) is 0 Å². The number of carbonyl (C=O) groups is 2. The summed E-state index contributed by atoms with van der Waals surface area (Å²) in [5.74, 6) is -1.08. The van der Waals surface area contributed by atoms with Crippen LogP contribution in [0.2, 0.25) is 0 Å². The maximum atomic E-state index is 11.9. The predicted molar refractivity (Wildman–Crippen MR) is 84.2 cm³/mol. The zero-order valence-electron chi connectivity index (χ0n) is 11.7. The topological polar surface area (TPSA) is 69.6 Å². The zero-order chi connectivity index (χ0) is 15.2. The second kappa shape index (κ2) is 7.56. The number of anilines is 1. The third-order valence-electron chi connectivity index (χ3n) is 3.64. The molecule has 1 atom stereocenters. The largest absolute Gasteiger partial charge is 0.481 e. The van der Waals surface area contributed by atoms with Crippen LogP contribution in [0.3, 0.4) is 0 Å². The van der Waals surface area contributed by atoms with Crippen molar-refractivity contribution in [2.45, 2.75) is 19.3 Å². The Labute approximate surface area is 132 Å². The maximum Gasteiger partial charge on any atom is 0.307 e. The van der Waals surface area contributed by atoms with Crippen LogP contribution < -0.4 is 5.32 Å². The van der Waals surface area contributed by atoms with E-state index < -0.39 is 5.97 Å². The summed E-state index contributed by atoms with van der Waals surface area (Å²) in [5.41, 5.74) is 0.769. The van der Waals surface area contributed by atoms with Gasteiger partial charge in [0.2, 0.25) is 5.91 Å². The summed E-state index contributed by atoms with van der Waals surface area (Å²) in [6, 6.07) is 7.42. The number of nitrogens with zero attached hydrogens (tertiary/aromatic N) is 1. The normalized spacial score (nSPS) is 19.2. The van der Waals surface area contributed by atoms with Crippen molar-refractivity contribution in [1.82, 2.24) is 4.90 Å². The van der Waals surface area contributed by atoms with Crippen molar-refractivity contribution in [3.63, 3.8) is 0 Å². The molecule has 1 fully saturated rings. The van der Waals surface area contributed by atoms with E-state index in [-0.39, 0.29) is 11.8 Å². The molecule has 1 aromatic carbocycles. The zero-order valence-corrected chi connectivity index (χ0v) is 13.3. The van der Waals surface area contributed by atoms with Gasteiger partial charge >= 0.3 is 5.97 Å². The molecule has 1 aromatic rings. The van der Waals surface area contributed by atoms with Crippen molar-refractivity contribution < 1.29 is 14.7 Å². The standard InChI is InChI=1S/C15H19BrN2O3/c16-12-3-5-13(6-4-12)17-14(19)7-9-18-8-1-2-11(10-18)15(20)21/h3-6,11H,1-2,7-10H2,(H,17,19)(H,20,21). The Bertz CT molecular complexity index is 504. The summed E-state index contributed by atoms with van der Waals surface area (Å²) < 4.78 is 0.966. The highest BCUT2D eigenvalue weighted by molar-refractivity contribution is 9.10. The Morgan fingerprint density at radius 2 is 2.05 bits per heavy atom. The number of piperidine rings is 1. The molecule has 1 aliphatic heterocycles.